The monoisotopic (exact) mass is 494 g/mol. The molecule has 7 heteroatoms. The van der Waals surface area contributed by atoms with E-state index in [1.807, 2.05) is 61.5 Å². The number of carbonyl (C=O) groups excluding carboxylic acids is 2. The Hall–Kier alpha value is -4.78. The van der Waals surface area contributed by atoms with E-state index in [0.717, 1.165) is 27.2 Å². The van der Waals surface area contributed by atoms with E-state index in [1.54, 1.807) is 18.2 Å². The minimum Gasteiger partial charge on any atom is -0.493 e. The van der Waals surface area contributed by atoms with Crippen molar-refractivity contribution in [3.8, 4) is 17.2 Å². The summed E-state index contributed by atoms with van der Waals surface area (Å²) in [6, 6.07) is 22.4. The van der Waals surface area contributed by atoms with Crippen molar-refractivity contribution < 1.29 is 23.8 Å². The van der Waals surface area contributed by atoms with Gasteiger partial charge in [-0.15, -0.1) is 0 Å². The summed E-state index contributed by atoms with van der Waals surface area (Å²) in [4.78, 5) is 30.4. The summed E-state index contributed by atoms with van der Waals surface area (Å²) in [6.45, 7) is 1.97. The molecule has 0 fully saturated rings. The molecule has 37 heavy (non-hydrogen) atoms. The molecule has 1 amide bonds. The maximum atomic E-state index is 13.7. The standard InChI is InChI=1S/C30H26N2O5/c1-17-9-12-22-23(13-17)31-27(28(33)20-11-10-18-7-5-6-8-19(18)14-20)26(22)32-30(34)21-15-24(35-2)29(37-4)25(16-21)36-3/h5-16,31H,1-4H3,(H,32,34). The number of anilines is 1. The molecule has 0 aliphatic carbocycles. The highest BCUT2D eigenvalue weighted by Gasteiger charge is 2.23. The highest BCUT2D eigenvalue weighted by atomic mass is 16.5. The van der Waals surface area contributed by atoms with Crippen molar-refractivity contribution >= 4 is 39.1 Å². The number of H-pyrrole nitrogens is 1. The van der Waals surface area contributed by atoms with Crippen LogP contribution in [0.25, 0.3) is 21.7 Å². The van der Waals surface area contributed by atoms with E-state index in [4.69, 9.17) is 14.2 Å². The first-order chi connectivity index (χ1) is 17.9. The van der Waals surface area contributed by atoms with Gasteiger partial charge in [0.15, 0.2) is 11.5 Å². The number of hydrogen-bond acceptors (Lipinski definition) is 5. The lowest BCUT2D eigenvalue weighted by Gasteiger charge is -2.14. The highest BCUT2D eigenvalue weighted by molar-refractivity contribution is 6.20. The van der Waals surface area contributed by atoms with Gasteiger partial charge in [0.2, 0.25) is 11.5 Å². The van der Waals surface area contributed by atoms with Gasteiger partial charge in [-0.2, -0.15) is 0 Å². The quantitative estimate of drug-likeness (QED) is 0.265. The molecule has 0 unspecified atom stereocenters. The molecule has 0 aliphatic heterocycles. The third-order valence-electron chi connectivity index (χ3n) is 6.36. The number of aromatic amines is 1. The largest absolute Gasteiger partial charge is 0.493 e. The van der Waals surface area contributed by atoms with Crippen LogP contribution in [0.3, 0.4) is 0 Å². The zero-order chi connectivity index (χ0) is 26.1. The number of ketones is 1. The number of amides is 1. The Kier molecular flexibility index (Phi) is 6.27. The van der Waals surface area contributed by atoms with E-state index in [9.17, 15) is 9.59 Å². The number of methoxy groups -OCH3 is 3. The Morgan fingerprint density at radius 2 is 1.46 bits per heavy atom. The van der Waals surface area contributed by atoms with Crippen molar-refractivity contribution in [1.82, 2.24) is 4.98 Å². The summed E-state index contributed by atoms with van der Waals surface area (Å²) >= 11 is 0. The van der Waals surface area contributed by atoms with Crippen LogP contribution in [0.4, 0.5) is 5.69 Å². The average Bonchev–Trinajstić information content (AvgIpc) is 3.28. The second-order valence-electron chi connectivity index (χ2n) is 8.68. The van der Waals surface area contributed by atoms with Crippen molar-refractivity contribution in [1.29, 1.82) is 0 Å². The van der Waals surface area contributed by atoms with E-state index in [0.29, 0.717) is 39.8 Å². The first kappa shape index (κ1) is 23.9. The van der Waals surface area contributed by atoms with Gasteiger partial charge in [0, 0.05) is 22.0 Å². The summed E-state index contributed by atoms with van der Waals surface area (Å²) in [5, 5.41) is 5.69. The molecule has 1 heterocycles. The minimum absolute atomic E-state index is 0.222. The van der Waals surface area contributed by atoms with Crippen molar-refractivity contribution in [3.63, 3.8) is 0 Å². The molecule has 186 valence electrons. The fraction of sp³-hybridized carbons (Fsp3) is 0.133. The Balaban J connectivity index is 1.59. The molecule has 0 saturated carbocycles. The molecule has 0 spiro atoms. The number of nitrogens with one attached hydrogen (secondary N) is 2. The third kappa shape index (κ3) is 4.36. The van der Waals surface area contributed by atoms with Crippen LogP contribution in [-0.2, 0) is 0 Å². The Bertz CT molecular complexity index is 1640. The van der Waals surface area contributed by atoms with E-state index < -0.39 is 5.91 Å². The number of aryl methyl sites for hydroxylation is 1. The molecule has 0 radical (unpaired) electrons. The normalized spacial score (nSPS) is 10.9. The zero-order valence-corrected chi connectivity index (χ0v) is 21.0. The Labute approximate surface area is 214 Å². The summed E-state index contributed by atoms with van der Waals surface area (Å²) in [5.74, 6) is 0.451. The smallest absolute Gasteiger partial charge is 0.256 e. The van der Waals surface area contributed by atoms with Gasteiger partial charge in [-0.3, -0.25) is 9.59 Å². The molecule has 2 N–H and O–H groups in total. The second-order valence-corrected chi connectivity index (χ2v) is 8.68. The fourth-order valence-electron chi connectivity index (χ4n) is 4.48. The molecule has 0 atom stereocenters. The maximum absolute atomic E-state index is 13.7. The Morgan fingerprint density at radius 1 is 0.757 bits per heavy atom. The van der Waals surface area contributed by atoms with Gasteiger partial charge in [0.05, 0.1) is 27.0 Å². The lowest BCUT2D eigenvalue weighted by Crippen LogP contribution is -2.15. The number of hydrogen-bond donors (Lipinski definition) is 2. The number of carbonyl (C=O) groups is 2. The lowest BCUT2D eigenvalue weighted by atomic mass is 10.0. The summed E-state index contributed by atoms with van der Waals surface area (Å²) < 4.78 is 16.2. The molecule has 5 rings (SSSR count). The van der Waals surface area contributed by atoms with Crippen LogP contribution < -0.4 is 19.5 Å². The van der Waals surface area contributed by atoms with Crippen molar-refractivity contribution in [2.24, 2.45) is 0 Å². The Morgan fingerprint density at radius 3 is 2.14 bits per heavy atom. The summed E-state index contributed by atoms with van der Waals surface area (Å²) in [6.07, 6.45) is 0. The molecule has 1 aromatic heterocycles. The number of aromatic nitrogens is 1. The van der Waals surface area contributed by atoms with Crippen LogP contribution in [0.5, 0.6) is 17.2 Å². The van der Waals surface area contributed by atoms with Gasteiger partial charge in [-0.05, 0) is 47.5 Å². The van der Waals surface area contributed by atoms with Gasteiger partial charge in [0.25, 0.3) is 5.91 Å². The zero-order valence-electron chi connectivity index (χ0n) is 21.0. The van der Waals surface area contributed by atoms with Crippen LogP contribution >= 0.6 is 0 Å². The second kappa shape index (κ2) is 9.70. The van der Waals surface area contributed by atoms with Gasteiger partial charge >= 0.3 is 0 Å². The van der Waals surface area contributed by atoms with Gasteiger partial charge in [0.1, 0.15) is 5.69 Å². The molecule has 0 bridgehead atoms. The van der Waals surface area contributed by atoms with Crippen molar-refractivity contribution in [2.45, 2.75) is 6.92 Å². The van der Waals surface area contributed by atoms with Crippen LogP contribution in [0, 0.1) is 6.92 Å². The average molecular weight is 495 g/mol. The third-order valence-corrected chi connectivity index (χ3v) is 6.36. The minimum atomic E-state index is -0.423. The number of fused-ring (bicyclic) bond motifs is 2. The molecular formula is C30H26N2O5. The fourth-order valence-corrected chi connectivity index (χ4v) is 4.48. The first-order valence-corrected chi connectivity index (χ1v) is 11.7. The van der Waals surface area contributed by atoms with E-state index in [1.165, 1.54) is 21.3 Å². The van der Waals surface area contributed by atoms with Crippen molar-refractivity contribution in [3.05, 3.63) is 95.2 Å². The maximum Gasteiger partial charge on any atom is 0.256 e. The molecule has 5 aromatic rings. The first-order valence-electron chi connectivity index (χ1n) is 11.7. The van der Waals surface area contributed by atoms with Gasteiger partial charge in [-0.25, -0.2) is 0 Å². The number of benzene rings is 4. The van der Waals surface area contributed by atoms with E-state index in [2.05, 4.69) is 10.3 Å². The molecule has 7 nitrogen and oxygen atoms in total. The predicted molar refractivity (Wildman–Crippen MR) is 144 cm³/mol. The van der Waals surface area contributed by atoms with Gasteiger partial charge in [-0.1, -0.05) is 48.5 Å². The van der Waals surface area contributed by atoms with Crippen molar-refractivity contribution in [2.75, 3.05) is 26.6 Å². The lowest BCUT2D eigenvalue weighted by molar-refractivity contribution is 0.102. The summed E-state index contributed by atoms with van der Waals surface area (Å²) in [5.41, 5.74) is 3.30. The van der Waals surface area contributed by atoms with Crippen LogP contribution in [0.15, 0.2) is 72.8 Å². The number of rotatable bonds is 7. The van der Waals surface area contributed by atoms with Crippen LogP contribution in [-0.4, -0.2) is 38.0 Å². The van der Waals surface area contributed by atoms with E-state index >= 15 is 0 Å². The highest BCUT2D eigenvalue weighted by Crippen LogP contribution is 2.39. The number of ether oxygens (including phenoxy) is 3. The topological polar surface area (TPSA) is 89.7 Å². The molecular weight excluding hydrogens is 468 g/mol. The van der Waals surface area contributed by atoms with Gasteiger partial charge < -0.3 is 24.5 Å². The van der Waals surface area contributed by atoms with E-state index in [-0.39, 0.29) is 5.78 Å². The molecule has 0 aliphatic rings. The van der Waals surface area contributed by atoms with Crippen LogP contribution in [0.2, 0.25) is 0 Å². The molecule has 0 saturated heterocycles. The van der Waals surface area contributed by atoms with Crippen LogP contribution in [0.1, 0.15) is 32.0 Å². The molecule has 4 aromatic carbocycles. The SMILES string of the molecule is COc1cc(C(=O)Nc2c(C(=O)c3ccc4ccccc4c3)[nH]c3cc(C)ccc23)cc(OC)c1OC. The predicted octanol–water partition coefficient (Wildman–Crippen LogP) is 6.14. The summed E-state index contributed by atoms with van der Waals surface area (Å²) in [7, 11) is 4.47.